The normalized spacial score (nSPS) is 17.0. The van der Waals surface area contributed by atoms with Gasteiger partial charge < -0.3 is 10.2 Å². The van der Waals surface area contributed by atoms with Crippen LogP contribution >= 0.6 is 0 Å². The molecule has 0 unspecified atom stereocenters. The molecular formula is C21H23FN2O2. The number of nitrogens with one attached hydrogen (secondary N) is 1. The van der Waals surface area contributed by atoms with E-state index in [1.54, 1.807) is 4.90 Å². The highest BCUT2D eigenvalue weighted by Gasteiger charge is 2.29. The molecule has 1 atom stereocenters. The van der Waals surface area contributed by atoms with Gasteiger partial charge in [-0.1, -0.05) is 25.1 Å². The molecular weight excluding hydrogens is 331 g/mol. The molecule has 136 valence electrons. The Balaban J connectivity index is 1.66. The van der Waals surface area contributed by atoms with Crippen LogP contribution in [0.25, 0.3) is 0 Å². The molecule has 0 spiro atoms. The van der Waals surface area contributed by atoms with Gasteiger partial charge in [-0.2, -0.15) is 0 Å². The second kappa shape index (κ2) is 8.13. The fourth-order valence-corrected chi connectivity index (χ4v) is 3.34. The summed E-state index contributed by atoms with van der Waals surface area (Å²) in [5, 5.41) is 3.01. The van der Waals surface area contributed by atoms with Crippen molar-refractivity contribution in [1.29, 1.82) is 0 Å². The molecule has 1 aliphatic heterocycles. The number of carbonyl (C=O) groups excluding carboxylic acids is 2. The number of carbonyl (C=O) groups is 2. The first kappa shape index (κ1) is 18.1. The standard InChI is InChI=1S/C21H23FN2O2/c1-2-15-6-3-4-8-19(15)23-20(25)17-7-5-13-24(14-17)21(26)16-9-11-18(22)12-10-16/h3-4,6,8-12,17H,2,5,7,13-14H2,1H3,(H,23,25)/t17-/m1/s1. The highest BCUT2D eigenvalue weighted by Crippen LogP contribution is 2.22. The van der Waals surface area contributed by atoms with Crippen molar-refractivity contribution in [3.63, 3.8) is 0 Å². The van der Waals surface area contributed by atoms with E-state index in [0.717, 1.165) is 30.5 Å². The van der Waals surface area contributed by atoms with Crippen molar-refractivity contribution in [2.45, 2.75) is 26.2 Å². The Kier molecular flexibility index (Phi) is 5.66. The summed E-state index contributed by atoms with van der Waals surface area (Å²) in [7, 11) is 0. The molecule has 2 amide bonds. The van der Waals surface area contributed by atoms with Crippen molar-refractivity contribution in [3.8, 4) is 0 Å². The van der Waals surface area contributed by atoms with E-state index in [4.69, 9.17) is 0 Å². The van der Waals surface area contributed by atoms with Crippen LogP contribution in [0.4, 0.5) is 10.1 Å². The topological polar surface area (TPSA) is 49.4 Å². The van der Waals surface area contributed by atoms with E-state index in [1.165, 1.54) is 24.3 Å². The number of anilines is 1. The van der Waals surface area contributed by atoms with Crippen LogP contribution in [0, 0.1) is 11.7 Å². The summed E-state index contributed by atoms with van der Waals surface area (Å²) < 4.78 is 13.1. The monoisotopic (exact) mass is 354 g/mol. The molecule has 2 aromatic carbocycles. The molecule has 26 heavy (non-hydrogen) atoms. The number of amides is 2. The maximum Gasteiger partial charge on any atom is 0.253 e. The number of nitrogens with zero attached hydrogens (tertiary/aromatic N) is 1. The van der Waals surface area contributed by atoms with Crippen molar-refractivity contribution in [2.24, 2.45) is 5.92 Å². The third-order valence-electron chi connectivity index (χ3n) is 4.83. The van der Waals surface area contributed by atoms with Crippen LogP contribution in [-0.4, -0.2) is 29.8 Å². The van der Waals surface area contributed by atoms with Crippen molar-refractivity contribution in [3.05, 3.63) is 65.5 Å². The minimum Gasteiger partial charge on any atom is -0.338 e. The first-order chi connectivity index (χ1) is 12.6. The number of aryl methyl sites for hydroxylation is 1. The van der Waals surface area contributed by atoms with Crippen molar-refractivity contribution < 1.29 is 14.0 Å². The molecule has 0 bridgehead atoms. The van der Waals surface area contributed by atoms with Gasteiger partial charge in [0.2, 0.25) is 5.91 Å². The van der Waals surface area contributed by atoms with E-state index >= 15 is 0 Å². The maximum absolute atomic E-state index is 13.1. The number of hydrogen-bond donors (Lipinski definition) is 1. The Morgan fingerprint density at radius 2 is 1.88 bits per heavy atom. The second-order valence-electron chi connectivity index (χ2n) is 6.60. The smallest absolute Gasteiger partial charge is 0.253 e. The van der Waals surface area contributed by atoms with Gasteiger partial charge in [-0.05, 0) is 55.2 Å². The zero-order valence-electron chi connectivity index (χ0n) is 14.9. The van der Waals surface area contributed by atoms with Crippen LogP contribution in [0.3, 0.4) is 0 Å². The first-order valence-electron chi connectivity index (χ1n) is 9.02. The van der Waals surface area contributed by atoms with Gasteiger partial charge in [0.05, 0.1) is 5.92 Å². The molecule has 0 aliphatic carbocycles. The lowest BCUT2D eigenvalue weighted by Gasteiger charge is -2.32. The van der Waals surface area contributed by atoms with Gasteiger partial charge >= 0.3 is 0 Å². The Hall–Kier alpha value is -2.69. The van der Waals surface area contributed by atoms with Crippen LogP contribution in [0.15, 0.2) is 48.5 Å². The van der Waals surface area contributed by atoms with Gasteiger partial charge in [-0.15, -0.1) is 0 Å². The molecule has 5 heteroatoms. The third kappa shape index (κ3) is 4.10. The Morgan fingerprint density at radius 3 is 2.62 bits per heavy atom. The lowest BCUT2D eigenvalue weighted by molar-refractivity contribution is -0.121. The molecule has 0 saturated carbocycles. The van der Waals surface area contributed by atoms with Crippen molar-refractivity contribution in [1.82, 2.24) is 4.90 Å². The fourth-order valence-electron chi connectivity index (χ4n) is 3.34. The fraction of sp³-hybridized carbons (Fsp3) is 0.333. The zero-order valence-corrected chi connectivity index (χ0v) is 14.9. The summed E-state index contributed by atoms with van der Waals surface area (Å²) in [5.74, 6) is -0.816. The van der Waals surface area contributed by atoms with Crippen molar-refractivity contribution in [2.75, 3.05) is 18.4 Å². The Bertz CT molecular complexity index is 789. The third-order valence-corrected chi connectivity index (χ3v) is 4.83. The number of para-hydroxylation sites is 1. The minimum absolute atomic E-state index is 0.0532. The molecule has 1 fully saturated rings. The van der Waals surface area contributed by atoms with E-state index in [-0.39, 0.29) is 23.5 Å². The van der Waals surface area contributed by atoms with Crippen LogP contribution in [-0.2, 0) is 11.2 Å². The number of likely N-dealkylation sites (tertiary alicyclic amines) is 1. The molecule has 4 nitrogen and oxygen atoms in total. The van der Waals surface area contributed by atoms with E-state index in [1.807, 2.05) is 24.3 Å². The van der Waals surface area contributed by atoms with E-state index in [0.29, 0.717) is 18.7 Å². The Labute approximate surface area is 153 Å². The number of piperidine rings is 1. The van der Waals surface area contributed by atoms with Gasteiger partial charge in [0, 0.05) is 24.3 Å². The van der Waals surface area contributed by atoms with E-state index in [9.17, 15) is 14.0 Å². The molecule has 1 N–H and O–H groups in total. The predicted octanol–water partition coefficient (Wildman–Crippen LogP) is 3.88. The summed E-state index contributed by atoms with van der Waals surface area (Å²) in [6.07, 6.45) is 2.38. The van der Waals surface area contributed by atoms with Crippen LogP contribution < -0.4 is 5.32 Å². The van der Waals surface area contributed by atoms with Crippen LogP contribution in [0.1, 0.15) is 35.7 Å². The average molecular weight is 354 g/mol. The van der Waals surface area contributed by atoms with Gasteiger partial charge in [-0.3, -0.25) is 9.59 Å². The van der Waals surface area contributed by atoms with Gasteiger partial charge in [0.1, 0.15) is 5.82 Å². The van der Waals surface area contributed by atoms with Crippen LogP contribution in [0.2, 0.25) is 0 Å². The molecule has 1 aliphatic rings. The van der Waals surface area contributed by atoms with Gasteiger partial charge in [0.15, 0.2) is 0 Å². The number of rotatable bonds is 4. The van der Waals surface area contributed by atoms with E-state index in [2.05, 4.69) is 12.2 Å². The highest BCUT2D eigenvalue weighted by atomic mass is 19.1. The number of hydrogen-bond acceptors (Lipinski definition) is 2. The summed E-state index contributed by atoms with van der Waals surface area (Å²) in [4.78, 5) is 27.0. The zero-order chi connectivity index (χ0) is 18.5. The van der Waals surface area contributed by atoms with Crippen LogP contribution in [0.5, 0.6) is 0 Å². The summed E-state index contributed by atoms with van der Waals surface area (Å²) >= 11 is 0. The summed E-state index contributed by atoms with van der Waals surface area (Å²) in [6, 6.07) is 13.3. The first-order valence-corrected chi connectivity index (χ1v) is 9.02. The maximum atomic E-state index is 13.1. The summed E-state index contributed by atoms with van der Waals surface area (Å²) in [6.45, 7) is 3.05. The molecule has 0 radical (unpaired) electrons. The van der Waals surface area contributed by atoms with Gasteiger partial charge in [0.25, 0.3) is 5.91 Å². The van der Waals surface area contributed by atoms with Crippen molar-refractivity contribution >= 4 is 17.5 Å². The lowest BCUT2D eigenvalue weighted by Crippen LogP contribution is -2.43. The van der Waals surface area contributed by atoms with Gasteiger partial charge in [-0.25, -0.2) is 4.39 Å². The SMILES string of the molecule is CCc1ccccc1NC(=O)[C@@H]1CCCN(C(=O)c2ccc(F)cc2)C1. The average Bonchev–Trinajstić information content (AvgIpc) is 2.68. The highest BCUT2D eigenvalue weighted by molar-refractivity contribution is 5.96. The Morgan fingerprint density at radius 1 is 1.15 bits per heavy atom. The number of halogens is 1. The molecule has 1 saturated heterocycles. The number of benzene rings is 2. The lowest BCUT2D eigenvalue weighted by atomic mass is 9.96. The molecule has 2 aromatic rings. The quantitative estimate of drug-likeness (QED) is 0.906. The summed E-state index contributed by atoms with van der Waals surface area (Å²) in [5.41, 5.74) is 2.38. The predicted molar refractivity (Wildman–Crippen MR) is 99.5 cm³/mol. The molecule has 3 rings (SSSR count). The van der Waals surface area contributed by atoms with E-state index < -0.39 is 0 Å². The molecule has 1 heterocycles. The second-order valence-corrected chi connectivity index (χ2v) is 6.60. The minimum atomic E-state index is -0.368. The molecule has 0 aromatic heterocycles. The largest absolute Gasteiger partial charge is 0.338 e.